The molecule has 0 spiro atoms. The first-order chi connectivity index (χ1) is 7.15. The number of rotatable bonds is 5. The Morgan fingerprint density at radius 3 is 3.00 bits per heavy atom. The third-order valence-electron chi connectivity index (χ3n) is 2.06. The summed E-state index contributed by atoms with van der Waals surface area (Å²) in [6.45, 7) is 2.90. The second kappa shape index (κ2) is 5.72. The van der Waals surface area contributed by atoms with Gasteiger partial charge in [0.25, 0.3) is 0 Å². The molecular weight excluding hydrogens is 216 g/mol. The summed E-state index contributed by atoms with van der Waals surface area (Å²) in [6, 6.07) is 0. The molecule has 84 valence electrons. The van der Waals surface area contributed by atoms with Crippen molar-refractivity contribution in [1.82, 2.24) is 9.97 Å². The van der Waals surface area contributed by atoms with Crippen molar-refractivity contribution in [2.75, 3.05) is 24.2 Å². The first-order valence-electron chi connectivity index (χ1n) is 4.75. The molecule has 1 rings (SSSR count). The fraction of sp³-hybridized carbons (Fsp3) is 0.556. The Morgan fingerprint density at radius 1 is 1.60 bits per heavy atom. The lowest BCUT2D eigenvalue weighted by atomic mass is 10.1. The average molecular weight is 231 g/mol. The van der Waals surface area contributed by atoms with Crippen LogP contribution in [0.3, 0.4) is 0 Å². The van der Waals surface area contributed by atoms with Crippen LogP contribution in [0.1, 0.15) is 13.3 Å². The third-order valence-corrected chi connectivity index (χ3v) is 2.43. The molecule has 0 aromatic carbocycles. The SMILES string of the molecule is CC(CCO)CNc1ncnc(N)c1Cl. The van der Waals surface area contributed by atoms with Crippen LogP contribution in [0.4, 0.5) is 11.6 Å². The van der Waals surface area contributed by atoms with Gasteiger partial charge in [0.2, 0.25) is 0 Å². The lowest BCUT2D eigenvalue weighted by Gasteiger charge is -2.12. The van der Waals surface area contributed by atoms with Gasteiger partial charge in [-0.2, -0.15) is 0 Å². The second-order valence-corrected chi connectivity index (χ2v) is 3.80. The number of nitrogen functional groups attached to an aromatic ring is 1. The van der Waals surface area contributed by atoms with Crippen molar-refractivity contribution in [3.8, 4) is 0 Å². The van der Waals surface area contributed by atoms with Crippen molar-refractivity contribution >= 4 is 23.2 Å². The molecule has 1 aromatic heterocycles. The zero-order chi connectivity index (χ0) is 11.3. The van der Waals surface area contributed by atoms with Gasteiger partial charge >= 0.3 is 0 Å². The highest BCUT2D eigenvalue weighted by Crippen LogP contribution is 2.23. The Labute approximate surface area is 93.7 Å². The van der Waals surface area contributed by atoms with Crippen LogP contribution in [-0.4, -0.2) is 28.2 Å². The predicted molar refractivity (Wildman–Crippen MR) is 60.8 cm³/mol. The van der Waals surface area contributed by atoms with Crippen molar-refractivity contribution in [3.05, 3.63) is 11.3 Å². The van der Waals surface area contributed by atoms with E-state index in [-0.39, 0.29) is 12.4 Å². The van der Waals surface area contributed by atoms with Crippen LogP contribution >= 0.6 is 11.6 Å². The number of nitrogens with one attached hydrogen (secondary N) is 1. The summed E-state index contributed by atoms with van der Waals surface area (Å²) in [5, 5.41) is 12.1. The van der Waals surface area contributed by atoms with Crippen LogP contribution in [0.5, 0.6) is 0 Å². The van der Waals surface area contributed by atoms with Crippen molar-refractivity contribution in [1.29, 1.82) is 0 Å². The summed E-state index contributed by atoms with van der Waals surface area (Å²) in [4.78, 5) is 7.73. The first kappa shape index (κ1) is 12.0. The maximum absolute atomic E-state index is 8.73. The number of hydrogen-bond acceptors (Lipinski definition) is 5. The van der Waals surface area contributed by atoms with Gasteiger partial charge in [-0.25, -0.2) is 9.97 Å². The van der Waals surface area contributed by atoms with Gasteiger partial charge in [-0.05, 0) is 12.3 Å². The van der Waals surface area contributed by atoms with Crippen LogP contribution in [-0.2, 0) is 0 Å². The Morgan fingerprint density at radius 2 is 2.33 bits per heavy atom. The van der Waals surface area contributed by atoms with E-state index in [1.807, 2.05) is 6.92 Å². The molecule has 4 N–H and O–H groups in total. The zero-order valence-corrected chi connectivity index (χ0v) is 9.33. The van der Waals surface area contributed by atoms with E-state index in [0.29, 0.717) is 23.3 Å². The molecule has 6 heteroatoms. The molecule has 0 fully saturated rings. The van der Waals surface area contributed by atoms with Crippen molar-refractivity contribution in [2.45, 2.75) is 13.3 Å². The van der Waals surface area contributed by atoms with E-state index in [9.17, 15) is 0 Å². The van der Waals surface area contributed by atoms with Crippen molar-refractivity contribution in [2.24, 2.45) is 5.92 Å². The van der Waals surface area contributed by atoms with Gasteiger partial charge in [0.1, 0.15) is 23.0 Å². The minimum absolute atomic E-state index is 0.183. The van der Waals surface area contributed by atoms with Crippen LogP contribution in [0.2, 0.25) is 5.02 Å². The average Bonchev–Trinajstić information content (AvgIpc) is 2.21. The quantitative estimate of drug-likeness (QED) is 0.707. The number of hydrogen-bond donors (Lipinski definition) is 3. The molecule has 0 aliphatic carbocycles. The Bertz CT molecular complexity index is 321. The molecule has 0 saturated heterocycles. The summed E-state index contributed by atoms with van der Waals surface area (Å²) in [5.74, 6) is 1.15. The van der Waals surface area contributed by atoms with Gasteiger partial charge < -0.3 is 16.2 Å². The summed E-state index contributed by atoms with van der Waals surface area (Å²) in [6.07, 6.45) is 2.10. The highest BCUT2D eigenvalue weighted by Gasteiger charge is 2.07. The molecule has 1 heterocycles. The molecule has 15 heavy (non-hydrogen) atoms. The minimum Gasteiger partial charge on any atom is -0.396 e. The largest absolute Gasteiger partial charge is 0.396 e. The van der Waals surface area contributed by atoms with E-state index in [0.717, 1.165) is 6.42 Å². The number of aliphatic hydroxyl groups is 1. The topological polar surface area (TPSA) is 84.1 Å². The number of halogens is 1. The summed E-state index contributed by atoms with van der Waals surface area (Å²) < 4.78 is 0. The number of aromatic nitrogens is 2. The van der Waals surface area contributed by atoms with E-state index >= 15 is 0 Å². The monoisotopic (exact) mass is 230 g/mol. The van der Waals surface area contributed by atoms with Crippen LogP contribution in [0.25, 0.3) is 0 Å². The number of aliphatic hydroxyl groups excluding tert-OH is 1. The van der Waals surface area contributed by atoms with E-state index in [1.54, 1.807) is 0 Å². The normalized spacial score (nSPS) is 12.5. The molecule has 0 radical (unpaired) electrons. The molecule has 1 unspecified atom stereocenters. The summed E-state index contributed by atoms with van der Waals surface area (Å²) in [5.41, 5.74) is 5.52. The fourth-order valence-electron chi connectivity index (χ4n) is 1.10. The molecule has 1 aromatic rings. The van der Waals surface area contributed by atoms with E-state index in [4.69, 9.17) is 22.4 Å². The van der Waals surface area contributed by atoms with E-state index < -0.39 is 0 Å². The Kier molecular flexibility index (Phi) is 4.58. The van der Waals surface area contributed by atoms with Crippen molar-refractivity contribution < 1.29 is 5.11 Å². The molecule has 0 aliphatic rings. The fourth-order valence-corrected chi connectivity index (χ4v) is 1.26. The summed E-state index contributed by atoms with van der Waals surface area (Å²) >= 11 is 5.89. The first-order valence-corrected chi connectivity index (χ1v) is 5.13. The maximum atomic E-state index is 8.73. The van der Waals surface area contributed by atoms with Gasteiger partial charge in [-0.3, -0.25) is 0 Å². The molecule has 5 nitrogen and oxygen atoms in total. The maximum Gasteiger partial charge on any atom is 0.150 e. The van der Waals surface area contributed by atoms with E-state index in [1.165, 1.54) is 6.33 Å². The van der Waals surface area contributed by atoms with Crippen molar-refractivity contribution in [3.63, 3.8) is 0 Å². The molecular formula is C9H15ClN4O. The highest BCUT2D eigenvalue weighted by molar-refractivity contribution is 6.35. The number of nitrogens with two attached hydrogens (primary N) is 1. The molecule has 0 bridgehead atoms. The smallest absolute Gasteiger partial charge is 0.150 e. The molecule has 0 amide bonds. The van der Waals surface area contributed by atoms with Gasteiger partial charge in [0.05, 0.1) is 0 Å². The standard InChI is InChI=1S/C9H15ClN4O/c1-6(2-3-15)4-12-9-7(10)8(11)13-5-14-9/h5-6,15H,2-4H2,1H3,(H3,11,12,13,14). The van der Waals surface area contributed by atoms with Gasteiger partial charge in [0.15, 0.2) is 0 Å². The van der Waals surface area contributed by atoms with E-state index in [2.05, 4.69) is 15.3 Å². The number of anilines is 2. The third kappa shape index (κ3) is 3.53. The van der Waals surface area contributed by atoms with Gasteiger partial charge in [-0.1, -0.05) is 18.5 Å². The van der Waals surface area contributed by atoms with Gasteiger partial charge in [0, 0.05) is 13.2 Å². The lowest BCUT2D eigenvalue weighted by molar-refractivity contribution is 0.266. The Balaban J connectivity index is 2.54. The summed E-state index contributed by atoms with van der Waals surface area (Å²) in [7, 11) is 0. The molecule has 0 saturated carbocycles. The Hall–Kier alpha value is -1.07. The highest BCUT2D eigenvalue weighted by atomic mass is 35.5. The zero-order valence-electron chi connectivity index (χ0n) is 8.57. The van der Waals surface area contributed by atoms with Gasteiger partial charge in [-0.15, -0.1) is 0 Å². The minimum atomic E-state index is 0.183. The predicted octanol–water partition coefficient (Wildman–Crippen LogP) is 1.14. The van der Waals surface area contributed by atoms with Crippen LogP contribution in [0.15, 0.2) is 6.33 Å². The molecule has 0 aliphatic heterocycles. The number of nitrogens with zero attached hydrogens (tertiary/aromatic N) is 2. The molecule has 1 atom stereocenters. The second-order valence-electron chi connectivity index (χ2n) is 3.42. The van der Waals surface area contributed by atoms with Crippen LogP contribution < -0.4 is 11.1 Å². The van der Waals surface area contributed by atoms with Crippen LogP contribution in [0, 0.1) is 5.92 Å². The lowest BCUT2D eigenvalue weighted by Crippen LogP contribution is -2.14.